The lowest BCUT2D eigenvalue weighted by molar-refractivity contribution is -0.872. The van der Waals surface area contributed by atoms with Crippen LogP contribution in [0.1, 0.15) is 44.9 Å². The van der Waals surface area contributed by atoms with Gasteiger partial charge in [0.1, 0.15) is 12.3 Å². The molecule has 1 aliphatic rings. The molecule has 0 spiro atoms. The predicted molar refractivity (Wildman–Crippen MR) is 93.9 cm³/mol. The van der Waals surface area contributed by atoms with Crippen molar-refractivity contribution in [3.63, 3.8) is 0 Å². The highest BCUT2D eigenvalue weighted by Crippen LogP contribution is 2.38. The van der Waals surface area contributed by atoms with Gasteiger partial charge in [-0.15, -0.1) is 0 Å². The van der Waals surface area contributed by atoms with Crippen molar-refractivity contribution >= 4 is 19.4 Å². The van der Waals surface area contributed by atoms with Crippen LogP contribution in [0.2, 0.25) is 0 Å². The summed E-state index contributed by atoms with van der Waals surface area (Å²) in [5.41, 5.74) is 0. The number of hydrogen-bond acceptors (Lipinski definition) is 5. The Bertz CT molecular complexity index is 493. The highest BCUT2D eigenvalue weighted by atomic mass is 31.2. The molecule has 0 aromatic carbocycles. The van der Waals surface area contributed by atoms with Crippen molar-refractivity contribution in [3.8, 4) is 0 Å². The molecule has 1 aliphatic heterocycles. The lowest BCUT2D eigenvalue weighted by Crippen LogP contribution is -2.45. The Hall–Kier alpha value is -0.630. The molecule has 1 unspecified atom stereocenters. The Morgan fingerprint density at radius 1 is 1.20 bits per heavy atom. The van der Waals surface area contributed by atoms with Crippen LogP contribution < -0.4 is 5.32 Å². The first-order chi connectivity index (χ1) is 11.5. The molecule has 0 amide bonds. The summed E-state index contributed by atoms with van der Waals surface area (Å²) in [5.74, 6) is -0.0725. The maximum Gasteiger partial charge on any atom is 0.470 e. The van der Waals surface area contributed by atoms with E-state index in [0.717, 1.165) is 32.2 Å². The number of unbranched alkanes of at least 4 members (excludes halogenated alkanes) is 2. The molecule has 0 aromatic heterocycles. The molecular weight excluding hydrogens is 347 g/mol. The van der Waals surface area contributed by atoms with Crippen LogP contribution in [-0.2, 0) is 18.7 Å². The van der Waals surface area contributed by atoms with Crippen molar-refractivity contribution in [2.75, 3.05) is 34.2 Å². The molecule has 9 heteroatoms. The fraction of sp³-hybridized carbons (Fsp3) is 0.875. The molecule has 0 saturated carbocycles. The van der Waals surface area contributed by atoms with Crippen molar-refractivity contribution < 1.29 is 32.9 Å². The van der Waals surface area contributed by atoms with E-state index in [2.05, 4.69) is 9.84 Å². The maximum atomic E-state index is 12.2. The first-order valence-electron chi connectivity index (χ1n) is 8.81. The predicted octanol–water partition coefficient (Wildman–Crippen LogP) is 1.01. The molecule has 1 saturated heterocycles. The van der Waals surface area contributed by atoms with Gasteiger partial charge in [0.25, 0.3) is 0 Å². The van der Waals surface area contributed by atoms with Gasteiger partial charge in [-0.05, 0) is 32.2 Å². The summed E-state index contributed by atoms with van der Waals surface area (Å²) in [6.07, 6.45) is 3.57. The molecule has 0 radical (unpaired) electrons. The van der Waals surface area contributed by atoms with Crippen LogP contribution in [0.4, 0.5) is 0 Å². The monoisotopic (exact) mass is 379 g/mol. The summed E-state index contributed by atoms with van der Waals surface area (Å²) >= 11 is 0. The largest absolute Gasteiger partial charge is 0.470 e. The summed E-state index contributed by atoms with van der Waals surface area (Å²) < 4.78 is 16.1. The lowest BCUT2D eigenvalue weighted by Gasteiger charge is -2.28. The van der Waals surface area contributed by atoms with Gasteiger partial charge in [-0.1, -0.05) is 6.42 Å². The molecule has 1 fully saturated rings. The van der Waals surface area contributed by atoms with Crippen LogP contribution in [0.15, 0.2) is 0 Å². The second-order valence-corrected chi connectivity index (χ2v) is 8.89. The number of phosphoric acid groups is 1. The van der Waals surface area contributed by atoms with E-state index in [0.29, 0.717) is 17.3 Å². The Labute approximate surface area is 149 Å². The third kappa shape index (κ3) is 10.2. The molecule has 3 N–H and O–H groups in total. The van der Waals surface area contributed by atoms with Crippen molar-refractivity contribution in [1.82, 2.24) is 5.32 Å². The normalized spacial score (nSPS) is 19.8. The SMILES string of the molecule is C[N+](C)(C)CC(OP(=O)(O)O)C(=O)CCCCCC(=O)[C@H]1CCCN1. The number of nitrogens with zero attached hydrogens (tertiary/aromatic N) is 1. The van der Waals surface area contributed by atoms with Crippen LogP contribution in [-0.4, -0.2) is 72.2 Å². The Morgan fingerprint density at radius 2 is 1.84 bits per heavy atom. The van der Waals surface area contributed by atoms with E-state index in [1.54, 1.807) is 0 Å². The number of ketones is 2. The Kier molecular flexibility index (Phi) is 8.87. The number of carbonyl (C=O) groups excluding carboxylic acids is 2. The van der Waals surface area contributed by atoms with E-state index in [4.69, 9.17) is 9.79 Å². The minimum Gasteiger partial charge on any atom is -0.328 e. The Balaban J connectivity index is 2.33. The van der Waals surface area contributed by atoms with Gasteiger partial charge in [0, 0.05) is 12.8 Å². The third-order valence-corrected chi connectivity index (χ3v) is 4.66. The molecule has 8 nitrogen and oxygen atoms in total. The molecule has 0 aliphatic carbocycles. The molecule has 2 atom stereocenters. The van der Waals surface area contributed by atoms with Gasteiger partial charge < -0.3 is 19.6 Å². The van der Waals surface area contributed by atoms with E-state index >= 15 is 0 Å². The van der Waals surface area contributed by atoms with Crippen molar-refractivity contribution in [1.29, 1.82) is 0 Å². The van der Waals surface area contributed by atoms with Crippen molar-refractivity contribution in [2.24, 2.45) is 0 Å². The van der Waals surface area contributed by atoms with Crippen molar-refractivity contribution in [3.05, 3.63) is 0 Å². The van der Waals surface area contributed by atoms with Gasteiger partial charge in [-0.3, -0.25) is 14.1 Å². The highest BCUT2D eigenvalue weighted by molar-refractivity contribution is 7.46. The quantitative estimate of drug-likeness (QED) is 0.263. The van der Waals surface area contributed by atoms with Gasteiger partial charge >= 0.3 is 7.82 Å². The first kappa shape index (κ1) is 22.4. The first-order valence-corrected chi connectivity index (χ1v) is 10.3. The third-order valence-electron chi connectivity index (χ3n) is 4.13. The number of quaternary nitrogens is 1. The second-order valence-electron chi connectivity index (χ2n) is 7.70. The fourth-order valence-electron chi connectivity index (χ4n) is 2.93. The average molecular weight is 379 g/mol. The van der Waals surface area contributed by atoms with Crippen molar-refractivity contribution in [2.45, 2.75) is 57.1 Å². The number of carbonyl (C=O) groups is 2. The maximum absolute atomic E-state index is 12.2. The Morgan fingerprint density at radius 3 is 2.36 bits per heavy atom. The zero-order chi connectivity index (χ0) is 19.1. The number of likely N-dealkylation sites (N-methyl/N-ethyl adjacent to an activating group) is 1. The second kappa shape index (κ2) is 9.90. The van der Waals surface area contributed by atoms with Gasteiger partial charge in [-0.2, -0.15) is 0 Å². The molecule has 1 heterocycles. The molecule has 1 rings (SSSR count). The van der Waals surface area contributed by atoms with Gasteiger partial charge in [0.05, 0.1) is 27.2 Å². The fourth-order valence-corrected chi connectivity index (χ4v) is 3.44. The van der Waals surface area contributed by atoms with Crippen LogP contribution in [0, 0.1) is 0 Å². The van der Waals surface area contributed by atoms with Gasteiger partial charge in [-0.25, -0.2) is 4.57 Å². The summed E-state index contributed by atoms with van der Waals surface area (Å²) in [5, 5.41) is 3.18. The number of nitrogens with one attached hydrogen (secondary N) is 1. The molecular formula is C16H32N2O6P+. The van der Waals surface area contributed by atoms with E-state index in [-0.39, 0.29) is 30.6 Å². The summed E-state index contributed by atoms with van der Waals surface area (Å²) in [7, 11) is 0.762. The molecule has 146 valence electrons. The van der Waals surface area contributed by atoms with Gasteiger partial charge in [0.15, 0.2) is 11.9 Å². The van der Waals surface area contributed by atoms with Gasteiger partial charge in [0.2, 0.25) is 0 Å². The number of rotatable bonds is 12. The zero-order valence-corrected chi connectivity index (χ0v) is 16.3. The minimum atomic E-state index is -4.71. The number of Topliss-reactive ketones (excluding diaryl/α,β-unsaturated/α-hetero) is 2. The molecule has 0 aromatic rings. The van der Waals surface area contributed by atoms with E-state index in [9.17, 15) is 14.2 Å². The van der Waals surface area contributed by atoms with Crippen LogP contribution in [0.3, 0.4) is 0 Å². The summed E-state index contributed by atoms with van der Waals surface area (Å²) in [4.78, 5) is 42.2. The zero-order valence-electron chi connectivity index (χ0n) is 15.4. The van der Waals surface area contributed by atoms with E-state index < -0.39 is 13.9 Å². The van der Waals surface area contributed by atoms with E-state index in [1.807, 2.05) is 21.1 Å². The van der Waals surface area contributed by atoms with E-state index in [1.165, 1.54) is 0 Å². The lowest BCUT2D eigenvalue weighted by atomic mass is 10.0. The standard InChI is InChI=1S/C16H31N2O6P/c1-18(2,3)12-16(24-25(21,22)23)15(20)10-6-4-5-9-14(19)13-8-7-11-17-13/h13,16-17H,4-12H2,1-3H3,(H-,21,22,23)/p+1/t13-,16?/m1/s1. The molecule has 25 heavy (non-hydrogen) atoms. The number of phosphoric ester groups is 1. The minimum absolute atomic E-state index is 0.00720. The van der Waals surface area contributed by atoms with Crippen LogP contribution >= 0.6 is 7.82 Å². The summed E-state index contributed by atoms with van der Waals surface area (Å²) in [6.45, 7) is 1.09. The number of hydrogen-bond donors (Lipinski definition) is 3. The molecule has 0 bridgehead atoms. The van der Waals surface area contributed by atoms with Crippen LogP contribution in [0.5, 0.6) is 0 Å². The highest BCUT2D eigenvalue weighted by Gasteiger charge is 2.32. The smallest absolute Gasteiger partial charge is 0.328 e. The average Bonchev–Trinajstić information content (AvgIpc) is 2.97. The summed E-state index contributed by atoms with van der Waals surface area (Å²) in [6, 6.07) is -0.00720. The van der Waals surface area contributed by atoms with Crippen LogP contribution in [0.25, 0.3) is 0 Å². The topological polar surface area (TPSA) is 113 Å².